The fraction of sp³-hybridized carbons (Fsp3) is 0.429. The lowest BCUT2D eigenvalue weighted by atomic mass is 9.90. The number of esters is 1. The van der Waals surface area contributed by atoms with Gasteiger partial charge in [-0.3, -0.25) is 4.90 Å². The van der Waals surface area contributed by atoms with E-state index in [9.17, 15) is 14.7 Å². The lowest BCUT2D eigenvalue weighted by Crippen LogP contribution is -2.47. The van der Waals surface area contributed by atoms with E-state index in [1.807, 2.05) is 6.07 Å². The highest BCUT2D eigenvalue weighted by molar-refractivity contribution is 5.95. The van der Waals surface area contributed by atoms with E-state index >= 15 is 0 Å². The molecule has 0 saturated heterocycles. The molecule has 0 aromatic heterocycles. The second kappa shape index (κ2) is 11.4. The van der Waals surface area contributed by atoms with Crippen molar-refractivity contribution in [3.05, 3.63) is 64.9 Å². The second-order valence-corrected chi connectivity index (χ2v) is 9.34. The number of nitrogens with one attached hydrogen (secondary N) is 1. The van der Waals surface area contributed by atoms with Crippen molar-refractivity contribution in [2.24, 2.45) is 5.92 Å². The zero-order valence-electron chi connectivity index (χ0n) is 21.1. The van der Waals surface area contributed by atoms with Crippen LogP contribution in [0, 0.1) is 5.92 Å². The lowest BCUT2D eigenvalue weighted by Gasteiger charge is -2.36. The van der Waals surface area contributed by atoms with Crippen LogP contribution in [0.15, 0.2) is 53.7 Å². The molecule has 1 saturated carbocycles. The number of hydrogen-bond donors (Lipinski definition) is 2. The molecule has 2 N–H and O–H groups in total. The minimum Gasteiger partial charge on any atom is -0.508 e. The van der Waals surface area contributed by atoms with Crippen molar-refractivity contribution in [1.82, 2.24) is 10.2 Å². The Labute approximate surface area is 211 Å². The quantitative estimate of drug-likeness (QED) is 0.497. The first-order chi connectivity index (χ1) is 17.4. The Hall–Kier alpha value is -3.68. The van der Waals surface area contributed by atoms with E-state index in [2.05, 4.69) is 5.32 Å². The van der Waals surface area contributed by atoms with Gasteiger partial charge in [0.15, 0.2) is 0 Å². The number of phenolic OH excluding ortho intramolecular Hbond substituents is 1. The van der Waals surface area contributed by atoms with E-state index in [0.29, 0.717) is 40.9 Å². The summed E-state index contributed by atoms with van der Waals surface area (Å²) in [5.41, 5.74) is 2.22. The van der Waals surface area contributed by atoms with Gasteiger partial charge in [0.1, 0.15) is 17.2 Å². The summed E-state index contributed by atoms with van der Waals surface area (Å²) < 4.78 is 16.6. The number of nitrogens with zero attached hydrogens (tertiary/aromatic N) is 1. The molecule has 2 amide bonds. The SMILES string of the molecule is COc1ccc(CN2C(=O)NC(c3cccc(O)c3)C(C(=O)OCC3CCCCC3)=C2C)c(OC)c1. The first kappa shape index (κ1) is 25.4. The molecule has 0 spiro atoms. The van der Waals surface area contributed by atoms with Crippen LogP contribution in [0.3, 0.4) is 0 Å². The molecule has 0 bridgehead atoms. The molecule has 2 aromatic rings. The molecule has 36 heavy (non-hydrogen) atoms. The van der Waals surface area contributed by atoms with Gasteiger partial charge in [-0.25, -0.2) is 9.59 Å². The van der Waals surface area contributed by atoms with Gasteiger partial charge in [-0.2, -0.15) is 0 Å². The van der Waals surface area contributed by atoms with Crippen molar-refractivity contribution in [2.45, 2.75) is 51.6 Å². The van der Waals surface area contributed by atoms with Crippen molar-refractivity contribution in [3.63, 3.8) is 0 Å². The Bertz CT molecular complexity index is 1140. The summed E-state index contributed by atoms with van der Waals surface area (Å²) in [5, 5.41) is 13.0. The minimum atomic E-state index is -0.738. The molecular formula is C28H34N2O6. The maximum atomic E-state index is 13.5. The summed E-state index contributed by atoms with van der Waals surface area (Å²) in [6, 6.07) is 10.8. The van der Waals surface area contributed by atoms with E-state index in [0.717, 1.165) is 31.2 Å². The van der Waals surface area contributed by atoms with Crippen molar-refractivity contribution < 1.29 is 28.9 Å². The van der Waals surface area contributed by atoms with Gasteiger partial charge >= 0.3 is 12.0 Å². The van der Waals surface area contributed by atoms with Gasteiger partial charge in [-0.05, 0) is 55.5 Å². The normalized spacial score (nSPS) is 18.6. The summed E-state index contributed by atoms with van der Waals surface area (Å²) in [7, 11) is 3.13. The molecule has 8 heteroatoms. The van der Waals surface area contributed by atoms with E-state index < -0.39 is 12.0 Å². The van der Waals surface area contributed by atoms with Crippen molar-refractivity contribution >= 4 is 12.0 Å². The van der Waals surface area contributed by atoms with E-state index in [1.165, 1.54) is 11.3 Å². The van der Waals surface area contributed by atoms with Gasteiger partial charge in [0.25, 0.3) is 0 Å². The smallest absolute Gasteiger partial charge is 0.338 e. The Kier molecular flexibility index (Phi) is 8.03. The van der Waals surface area contributed by atoms with Crippen molar-refractivity contribution in [3.8, 4) is 17.2 Å². The number of carbonyl (C=O) groups is 2. The van der Waals surface area contributed by atoms with E-state index in [4.69, 9.17) is 14.2 Å². The van der Waals surface area contributed by atoms with Crippen LogP contribution in [0.1, 0.15) is 56.2 Å². The van der Waals surface area contributed by atoms with Crippen LogP contribution >= 0.6 is 0 Å². The molecule has 192 valence electrons. The molecule has 0 radical (unpaired) electrons. The molecule has 1 fully saturated rings. The highest BCUT2D eigenvalue weighted by atomic mass is 16.5. The number of urea groups is 1. The minimum absolute atomic E-state index is 0.0553. The van der Waals surface area contributed by atoms with Gasteiger partial charge in [-0.1, -0.05) is 31.4 Å². The zero-order chi connectivity index (χ0) is 25.7. The summed E-state index contributed by atoms with van der Waals surface area (Å²) in [6.45, 7) is 2.31. The van der Waals surface area contributed by atoms with Gasteiger partial charge in [0.2, 0.25) is 0 Å². The van der Waals surface area contributed by atoms with Gasteiger partial charge in [0, 0.05) is 17.3 Å². The first-order valence-electron chi connectivity index (χ1n) is 12.4. The maximum Gasteiger partial charge on any atom is 0.338 e. The molecule has 1 heterocycles. The van der Waals surface area contributed by atoms with Gasteiger partial charge in [0.05, 0.1) is 39.0 Å². The van der Waals surface area contributed by atoms with Crippen LogP contribution in [-0.4, -0.2) is 42.8 Å². The average molecular weight is 495 g/mol. The fourth-order valence-corrected chi connectivity index (χ4v) is 4.97. The Morgan fingerprint density at radius 2 is 1.86 bits per heavy atom. The van der Waals surface area contributed by atoms with Crippen LogP contribution in [-0.2, 0) is 16.1 Å². The lowest BCUT2D eigenvalue weighted by molar-refractivity contribution is -0.141. The molecule has 1 atom stereocenters. The van der Waals surface area contributed by atoms with Crippen LogP contribution in [0.25, 0.3) is 0 Å². The Morgan fingerprint density at radius 3 is 2.56 bits per heavy atom. The largest absolute Gasteiger partial charge is 0.508 e. The third-order valence-corrected chi connectivity index (χ3v) is 7.02. The Balaban J connectivity index is 1.66. The topological polar surface area (TPSA) is 97.3 Å². The summed E-state index contributed by atoms with van der Waals surface area (Å²) >= 11 is 0. The zero-order valence-corrected chi connectivity index (χ0v) is 21.1. The highest BCUT2D eigenvalue weighted by Gasteiger charge is 2.37. The van der Waals surface area contributed by atoms with E-state index in [-0.39, 0.29) is 18.3 Å². The van der Waals surface area contributed by atoms with Gasteiger partial charge < -0.3 is 24.6 Å². The average Bonchev–Trinajstić information content (AvgIpc) is 2.90. The number of carbonyl (C=O) groups excluding carboxylic acids is 2. The molecule has 2 aromatic carbocycles. The number of benzene rings is 2. The number of allylic oxidation sites excluding steroid dienone is 1. The van der Waals surface area contributed by atoms with Crippen LogP contribution in [0.4, 0.5) is 4.79 Å². The summed E-state index contributed by atoms with van der Waals surface area (Å²) in [4.78, 5) is 28.3. The Morgan fingerprint density at radius 1 is 1.08 bits per heavy atom. The molecule has 1 aliphatic heterocycles. The van der Waals surface area contributed by atoms with Crippen molar-refractivity contribution in [1.29, 1.82) is 0 Å². The number of ether oxygens (including phenoxy) is 3. The second-order valence-electron chi connectivity index (χ2n) is 9.34. The summed E-state index contributed by atoms with van der Waals surface area (Å²) in [5.74, 6) is 1.17. The predicted octanol–water partition coefficient (Wildman–Crippen LogP) is 5.07. The number of hydrogen-bond acceptors (Lipinski definition) is 6. The van der Waals surface area contributed by atoms with Crippen molar-refractivity contribution in [2.75, 3.05) is 20.8 Å². The molecule has 2 aliphatic rings. The molecule has 8 nitrogen and oxygen atoms in total. The third-order valence-electron chi connectivity index (χ3n) is 7.02. The number of phenols is 1. The fourth-order valence-electron chi connectivity index (χ4n) is 4.97. The molecule has 4 rings (SSSR count). The third kappa shape index (κ3) is 5.58. The van der Waals surface area contributed by atoms with Crippen LogP contribution < -0.4 is 14.8 Å². The van der Waals surface area contributed by atoms with Crippen LogP contribution in [0.2, 0.25) is 0 Å². The number of methoxy groups -OCH3 is 2. The van der Waals surface area contributed by atoms with E-state index in [1.54, 1.807) is 57.5 Å². The number of aromatic hydroxyl groups is 1. The number of amides is 2. The molecular weight excluding hydrogens is 460 g/mol. The number of rotatable bonds is 8. The first-order valence-corrected chi connectivity index (χ1v) is 12.4. The molecule has 1 aliphatic carbocycles. The standard InChI is InChI=1S/C28H34N2O6/c1-18-25(27(32)36-17-19-8-5-4-6-9-19)26(20-10-7-11-22(31)14-20)29-28(33)30(18)16-21-12-13-23(34-2)15-24(21)35-3/h7,10-15,19,26,31H,4-6,8-9,16-17H2,1-3H3,(H,29,33). The monoisotopic (exact) mass is 494 g/mol. The summed E-state index contributed by atoms with van der Waals surface area (Å²) in [6.07, 6.45) is 5.65. The molecule has 1 unspecified atom stereocenters. The predicted molar refractivity (Wildman–Crippen MR) is 135 cm³/mol. The highest BCUT2D eigenvalue weighted by Crippen LogP contribution is 2.35. The maximum absolute atomic E-state index is 13.5. The van der Waals surface area contributed by atoms with Gasteiger partial charge in [-0.15, -0.1) is 0 Å². The van der Waals surface area contributed by atoms with Crippen LogP contribution in [0.5, 0.6) is 17.2 Å².